The molecule has 7 heteroatoms. The van der Waals surface area contributed by atoms with Crippen molar-refractivity contribution in [2.24, 2.45) is 4.99 Å². The number of halogens is 3. The summed E-state index contributed by atoms with van der Waals surface area (Å²) in [4.78, 5) is 4.12. The molecule has 0 heterocycles. The van der Waals surface area contributed by atoms with Crippen LogP contribution in [0.1, 0.15) is 16.7 Å². The van der Waals surface area contributed by atoms with Crippen LogP contribution >= 0.6 is 0 Å². The topological polar surface area (TPSA) is 45.7 Å². The van der Waals surface area contributed by atoms with Gasteiger partial charge in [0.25, 0.3) is 0 Å². The third-order valence-corrected chi connectivity index (χ3v) is 3.84. The Morgan fingerprint density at radius 2 is 1.73 bits per heavy atom. The molecule has 0 aliphatic heterocycles. The summed E-state index contributed by atoms with van der Waals surface area (Å²) in [5, 5.41) is 6.26. The van der Waals surface area contributed by atoms with Crippen LogP contribution in [0.15, 0.2) is 53.5 Å². The van der Waals surface area contributed by atoms with E-state index < -0.39 is 11.7 Å². The fraction of sp³-hybridized carbons (Fsp3) is 0.316. The Balaban J connectivity index is 1.82. The van der Waals surface area contributed by atoms with E-state index in [-0.39, 0.29) is 0 Å². The molecule has 0 bridgehead atoms. The lowest BCUT2D eigenvalue weighted by atomic mass is 10.1. The van der Waals surface area contributed by atoms with Gasteiger partial charge in [-0.3, -0.25) is 4.99 Å². The number of benzene rings is 2. The number of hydrogen-bond donors (Lipinski definition) is 2. The summed E-state index contributed by atoms with van der Waals surface area (Å²) in [6.07, 6.45) is -3.56. The SMILES string of the molecule is CN=C(NCCc1ccccc1OC)NCc1ccc(C(F)(F)F)cc1. The average Bonchev–Trinajstić information content (AvgIpc) is 2.64. The van der Waals surface area contributed by atoms with E-state index in [4.69, 9.17) is 4.74 Å². The van der Waals surface area contributed by atoms with Crippen molar-refractivity contribution < 1.29 is 17.9 Å². The molecule has 0 aromatic heterocycles. The zero-order valence-corrected chi connectivity index (χ0v) is 14.7. The van der Waals surface area contributed by atoms with E-state index in [1.807, 2.05) is 24.3 Å². The van der Waals surface area contributed by atoms with Crippen molar-refractivity contribution in [2.75, 3.05) is 20.7 Å². The molecular weight excluding hydrogens is 343 g/mol. The van der Waals surface area contributed by atoms with Gasteiger partial charge in [-0.2, -0.15) is 13.2 Å². The van der Waals surface area contributed by atoms with Gasteiger partial charge in [0.05, 0.1) is 12.7 Å². The predicted octanol–water partition coefficient (Wildman–Crippen LogP) is 3.62. The third kappa shape index (κ3) is 5.68. The average molecular weight is 365 g/mol. The largest absolute Gasteiger partial charge is 0.496 e. The number of methoxy groups -OCH3 is 1. The van der Waals surface area contributed by atoms with Crippen molar-refractivity contribution in [3.63, 3.8) is 0 Å². The van der Waals surface area contributed by atoms with Crippen molar-refractivity contribution in [2.45, 2.75) is 19.1 Å². The zero-order chi connectivity index (χ0) is 19.0. The number of guanidine groups is 1. The van der Waals surface area contributed by atoms with Gasteiger partial charge in [0, 0.05) is 20.1 Å². The van der Waals surface area contributed by atoms with Gasteiger partial charge in [-0.05, 0) is 35.7 Å². The molecule has 2 N–H and O–H groups in total. The zero-order valence-electron chi connectivity index (χ0n) is 14.7. The molecular formula is C19H22F3N3O. The Morgan fingerprint density at radius 1 is 1.04 bits per heavy atom. The monoisotopic (exact) mass is 365 g/mol. The second kappa shape index (κ2) is 9.12. The lowest BCUT2D eigenvalue weighted by Crippen LogP contribution is -2.37. The molecule has 26 heavy (non-hydrogen) atoms. The number of nitrogens with zero attached hydrogens (tertiary/aromatic N) is 1. The van der Waals surface area contributed by atoms with Crippen LogP contribution in [-0.4, -0.2) is 26.7 Å². The van der Waals surface area contributed by atoms with Crippen LogP contribution in [0.5, 0.6) is 5.75 Å². The molecule has 140 valence electrons. The summed E-state index contributed by atoms with van der Waals surface area (Å²) in [6.45, 7) is 1.03. The first-order valence-corrected chi connectivity index (χ1v) is 8.16. The van der Waals surface area contributed by atoms with Gasteiger partial charge in [-0.15, -0.1) is 0 Å². The summed E-state index contributed by atoms with van der Waals surface area (Å²) >= 11 is 0. The number of nitrogens with one attached hydrogen (secondary N) is 2. The minimum atomic E-state index is -4.32. The normalized spacial score (nSPS) is 12.0. The maximum atomic E-state index is 12.6. The number of alkyl halides is 3. The van der Waals surface area contributed by atoms with Gasteiger partial charge in [-0.1, -0.05) is 30.3 Å². The summed E-state index contributed by atoms with van der Waals surface area (Å²) in [5.74, 6) is 1.42. The minimum absolute atomic E-state index is 0.381. The molecule has 0 saturated carbocycles. The second-order valence-corrected chi connectivity index (χ2v) is 5.61. The van der Waals surface area contributed by atoms with E-state index in [0.717, 1.165) is 35.4 Å². The van der Waals surface area contributed by atoms with Gasteiger partial charge in [0.2, 0.25) is 0 Å². The molecule has 0 amide bonds. The first-order valence-electron chi connectivity index (χ1n) is 8.16. The second-order valence-electron chi connectivity index (χ2n) is 5.61. The molecule has 2 aromatic carbocycles. The van der Waals surface area contributed by atoms with Crippen molar-refractivity contribution in [1.29, 1.82) is 0 Å². The highest BCUT2D eigenvalue weighted by Crippen LogP contribution is 2.29. The smallest absolute Gasteiger partial charge is 0.416 e. The van der Waals surface area contributed by atoms with Crippen LogP contribution in [0, 0.1) is 0 Å². The quantitative estimate of drug-likeness (QED) is 0.607. The number of ether oxygens (including phenoxy) is 1. The Hall–Kier alpha value is -2.70. The van der Waals surface area contributed by atoms with Crippen molar-refractivity contribution in [3.8, 4) is 5.75 Å². The number of rotatable bonds is 6. The van der Waals surface area contributed by atoms with Crippen LogP contribution in [0.4, 0.5) is 13.2 Å². The predicted molar refractivity (Wildman–Crippen MR) is 96.3 cm³/mol. The lowest BCUT2D eigenvalue weighted by Gasteiger charge is -2.13. The van der Waals surface area contributed by atoms with E-state index in [0.29, 0.717) is 19.0 Å². The standard InChI is InChI=1S/C19H22F3N3O/c1-23-18(24-12-11-15-5-3-4-6-17(15)26-2)25-13-14-7-9-16(10-8-14)19(20,21)22/h3-10H,11-13H2,1-2H3,(H2,23,24,25). The lowest BCUT2D eigenvalue weighted by molar-refractivity contribution is -0.137. The van der Waals surface area contributed by atoms with Crippen LogP contribution < -0.4 is 15.4 Å². The number of aliphatic imine (C=N–C) groups is 1. The van der Waals surface area contributed by atoms with Crippen LogP contribution in [0.3, 0.4) is 0 Å². The minimum Gasteiger partial charge on any atom is -0.496 e. The molecule has 2 rings (SSSR count). The van der Waals surface area contributed by atoms with E-state index in [9.17, 15) is 13.2 Å². The first-order chi connectivity index (χ1) is 12.4. The van der Waals surface area contributed by atoms with E-state index in [1.165, 1.54) is 12.1 Å². The highest BCUT2D eigenvalue weighted by Gasteiger charge is 2.29. The molecule has 2 aromatic rings. The van der Waals surface area contributed by atoms with Gasteiger partial charge >= 0.3 is 6.18 Å². The van der Waals surface area contributed by atoms with Crippen molar-refractivity contribution >= 4 is 5.96 Å². The van der Waals surface area contributed by atoms with E-state index in [1.54, 1.807) is 14.2 Å². The van der Waals surface area contributed by atoms with Gasteiger partial charge in [-0.25, -0.2) is 0 Å². The number of para-hydroxylation sites is 1. The Labute approximate surface area is 151 Å². The molecule has 0 spiro atoms. The summed E-state index contributed by atoms with van der Waals surface area (Å²) in [5.41, 5.74) is 1.17. The van der Waals surface area contributed by atoms with Crippen molar-refractivity contribution in [3.05, 3.63) is 65.2 Å². The van der Waals surface area contributed by atoms with Crippen molar-refractivity contribution in [1.82, 2.24) is 10.6 Å². The Kier molecular flexibility index (Phi) is 6.89. The molecule has 0 aliphatic carbocycles. The summed E-state index contributed by atoms with van der Waals surface area (Å²) in [7, 11) is 3.28. The Bertz CT molecular complexity index is 728. The molecule has 0 radical (unpaired) electrons. The van der Waals surface area contributed by atoms with Crippen LogP contribution in [-0.2, 0) is 19.1 Å². The highest BCUT2D eigenvalue weighted by atomic mass is 19.4. The summed E-state index contributed by atoms with van der Waals surface area (Å²) < 4.78 is 43.0. The third-order valence-electron chi connectivity index (χ3n) is 3.84. The Morgan fingerprint density at radius 3 is 2.35 bits per heavy atom. The van der Waals surface area contributed by atoms with Gasteiger partial charge in [0.1, 0.15) is 5.75 Å². The number of hydrogen-bond acceptors (Lipinski definition) is 2. The molecule has 4 nitrogen and oxygen atoms in total. The van der Waals surface area contributed by atoms with Crippen LogP contribution in [0.2, 0.25) is 0 Å². The van der Waals surface area contributed by atoms with Crippen LogP contribution in [0.25, 0.3) is 0 Å². The molecule has 0 aliphatic rings. The fourth-order valence-corrected chi connectivity index (χ4v) is 2.44. The summed E-state index contributed by atoms with van der Waals surface area (Å²) in [6, 6.07) is 12.8. The molecule has 0 unspecified atom stereocenters. The maximum absolute atomic E-state index is 12.6. The first kappa shape index (κ1) is 19.6. The highest BCUT2D eigenvalue weighted by molar-refractivity contribution is 5.79. The maximum Gasteiger partial charge on any atom is 0.416 e. The molecule has 0 saturated heterocycles. The molecule has 0 atom stereocenters. The molecule has 0 fully saturated rings. The van der Waals surface area contributed by atoms with Gasteiger partial charge in [0.15, 0.2) is 5.96 Å². The van der Waals surface area contributed by atoms with E-state index >= 15 is 0 Å². The fourth-order valence-electron chi connectivity index (χ4n) is 2.44. The van der Waals surface area contributed by atoms with E-state index in [2.05, 4.69) is 15.6 Å². The van der Waals surface area contributed by atoms with Gasteiger partial charge < -0.3 is 15.4 Å².